The number of aryl methyl sites for hydroxylation is 1. The van der Waals surface area contributed by atoms with Crippen molar-refractivity contribution in [3.05, 3.63) is 31.3 Å². The number of thiophene rings is 1. The average molecular weight is 298 g/mol. The highest BCUT2D eigenvalue weighted by molar-refractivity contribution is 7.80. The van der Waals surface area contributed by atoms with Crippen molar-refractivity contribution in [3.8, 4) is 0 Å². The number of nitrogens with zero attached hydrogens (tertiary/aromatic N) is 1. The highest BCUT2D eigenvalue weighted by Crippen LogP contribution is 2.25. The van der Waals surface area contributed by atoms with E-state index in [2.05, 4.69) is 4.98 Å². The topological polar surface area (TPSA) is 124 Å². The largest absolute Gasteiger partial charge is 0.392 e. The van der Waals surface area contributed by atoms with Gasteiger partial charge in [-0.2, -0.15) is 0 Å². The van der Waals surface area contributed by atoms with E-state index in [1.807, 2.05) is 0 Å². The first-order valence-corrected chi connectivity index (χ1v) is 6.39. The van der Waals surface area contributed by atoms with Crippen LogP contribution in [-0.4, -0.2) is 20.4 Å². The molecule has 0 unspecified atom stereocenters. The average Bonchev–Trinajstić information content (AvgIpc) is 2.61. The first-order chi connectivity index (χ1) is 8.82. The Morgan fingerprint density at radius 1 is 1.42 bits per heavy atom. The number of carbonyl (C=O) groups is 1. The molecule has 0 bridgehead atoms. The summed E-state index contributed by atoms with van der Waals surface area (Å²) in [6.45, 7) is 1.45. The number of aromatic amines is 1. The maximum atomic E-state index is 12.2. The summed E-state index contributed by atoms with van der Waals surface area (Å²) in [6, 6.07) is 0. The number of H-pyrrole nitrogens is 1. The quantitative estimate of drug-likeness (QED) is 0.655. The van der Waals surface area contributed by atoms with Gasteiger partial charge in [0.2, 0.25) is 0 Å². The zero-order chi connectivity index (χ0) is 14.3. The molecule has 0 fully saturated rings. The molecule has 1 amide bonds. The highest BCUT2D eigenvalue weighted by atomic mass is 32.1. The molecule has 0 spiro atoms. The number of primary amides is 1. The van der Waals surface area contributed by atoms with Gasteiger partial charge in [0.1, 0.15) is 4.83 Å². The molecule has 0 atom stereocenters. The molecule has 0 aliphatic heterocycles. The standard InChI is InChI=1S/C10H10N4O3S2/c1-3-5-8(19-6(3)7(12)15)13-10(17)14(9(5)16)2-4(11)18/h2H2,1H3,(H2,11,18)(H2,12,15)(H,13,17). The van der Waals surface area contributed by atoms with Crippen LogP contribution in [0.25, 0.3) is 10.2 Å². The third kappa shape index (κ3) is 2.17. The molecule has 0 radical (unpaired) electrons. The summed E-state index contributed by atoms with van der Waals surface area (Å²) < 4.78 is 0.898. The van der Waals surface area contributed by atoms with E-state index in [1.54, 1.807) is 6.92 Å². The lowest BCUT2D eigenvalue weighted by atomic mass is 10.2. The predicted molar refractivity (Wildman–Crippen MR) is 76.7 cm³/mol. The molecule has 0 aliphatic rings. The van der Waals surface area contributed by atoms with Gasteiger partial charge in [-0.15, -0.1) is 11.3 Å². The summed E-state index contributed by atoms with van der Waals surface area (Å²) in [7, 11) is 0. The summed E-state index contributed by atoms with van der Waals surface area (Å²) in [4.78, 5) is 38.3. The van der Waals surface area contributed by atoms with E-state index >= 15 is 0 Å². The van der Waals surface area contributed by atoms with Crippen molar-refractivity contribution < 1.29 is 4.79 Å². The Bertz CT molecular complexity index is 815. The molecule has 2 heterocycles. The number of carbonyl (C=O) groups excluding carboxylic acids is 1. The smallest absolute Gasteiger partial charge is 0.329 e. The van der Waals surface area contributed by atoms with Gasteiger partial charge in [0.15, 0.2) is 0 Å². The normalized spacial score (nSPS) is 10.8. The van der Waals surface area contributed by atoms with Gasteiger partial charge in [0.25, 0.3) is 11.5 Å². The van der Waals surface area contributed by atoms with E-state index in [1.165, 1.54) is 0 Å². The van der Waals surface area contributed by atoms with Gasteiger partial charge in [0, 0.05) is 0 Å². The first kappa shape index (κ1) is 13.4. The zero-order valence-corrected chi connectivity index (χ0v) is 11.5. The Kier molecular flexibility index (Phi) is 3.25. The maximum absolute atomic E-state index is 12.2. The number of amides is 1. The number of fused-ring (bicyclic) bond motifs is 1. The van der Waals surface area contributed by atoms with Crippen molar-refractivity contribution in [1.82, 2.24) is 9.55 Å². The molecule has 9 heteroatoms. The summed E-state index contributed by atoms with van der Waals surface area (Å²) in [5, 5.41) is 0.259. The van der Waals surface area contributed by atoms with Crippen LogP contribution in [0.5, 0.6) is 0 Å². The molecule has 2 rings (SSSR count). The van der Waals surface area contributed by atoms with Crippen molar-refractivity contribution in [2.45, 2.75) is 13.5 Å². The monoisotopic (exact) mass is 298 g/mol. The van der Waals surface area contributed by atoms with Gasteiger partial charge in [-0.05, 0) is 12.5 Å². The second-order valence-electron chi connectivity index (χ2n) is 3.91. The third-order valence-electron chi connectivity index (χ3n) is 2.61. The first-order valence-electron chi connectivity index (χ1n) is 5.17. The van der Waals surface area contributed by atoms with Crippen LogP contribution in [0, 0.1) is 6.92 Å². The third-order valence-corrected chi connectivity index (χ3v) is 3.96. The van der Waals surface area contributed by atoms with Crippen LogP contribution >= 0.6 is 23.6 Å². The summed E-state index contributed by atoms with van der Waals surface area (Å²) in [6.07, 6.45) is 0. The van der Waals surface area contributed by atoms with Crippen molar-refractivity contribution in [2.75, 3.05) is 0 Å². The molecule has 2 aromatic rings. The number of rotatable bonds is 3. The van der Waals surface area contributed by atoms with E-state index in [4.69, 9.17) is 23.7 Å². The number of nitrogens with two attached hydrogens (primary N) is 2. The SMILES string of the molecule is Cc1c(C(N)=O)sc2[nH]c(=O)n(CC(N)=S)c(=O)c12. The summed E-state index contributed by atoms with van der Waals surface area (Å²) >= 11 is 5.67. The molecule has 0 aromatic carbocycles. The van der Waals surface area contributed by atoms with Crippen LogP contribution in [0.2, 0.25) is 0 Å². The minimum Gasteiger partial charge on any atom is -0.392 e. The second-order valence-corrected chi connectivity index (χ2v) is 5.46. The molecule has 0 saturated carbocycles. The van der Waals surface area contributed by atoms with E-state index in [0.717, 1.165) is 15.9 Å². The van der Waals surface area contributed by atoms with Crippen molar-refractivity contribution in [1.29, 1.82) is 0 Å². The van der Waals surface area contributed by atoms with Crippen molar-refractivity contribution in [3.63, 3.8) is 0 Å². The minimum absolute atomic E-state index is 0.0231. The van der Waals surface area contributed by atoms with Crippen molar-refractivity contribution >= 4 is 44.7 Å². The fraction of sp³-hybridized carbons (Fsp3) is 0.200. The van der Waals surface area contributed by atoms with Gasteiger partial charge in [-0.25, -0.2) is 4.79 Å². The van der Waals surface area contributed by atoms with E-state index in [9.17, 15) is 14.4 Å². The Morgan fingerprint density at radius 2 is 2.05 bits per heavy atom. The molecule has 2 aromatic heterocycles. The molecule has 7 nitrogen and oxygen atoms in total. The highest BCUT2D eigenvalue weighted by Gasteiger charge is 2.18. The molecule has 0 saturated heterocycles. The zero-order valence-electron chi connectivity index (χ0n) is 9.85. The van der Waals surface area contributed by atoms with Gasteiger partial charge >= 0.3 is 5.69 Å². The number of hydrogen-bond acceptors (Lipinski definition) is 5. The molecular weight excluding hydrogens is 288 g/mol. The fourth-order valence-corrected chi connectivity index (χ4v) is 2.96. The number of hydrogen-bond donors (Lipinski definition) is 3. The lowest BCUT2D eigenvalue weighted by Gasteiger charge is -2.02. The molecule has 5 N–H and O–H groups in total. The van der Waals surface area contributed by atoms with E-state index < -0.39 is 17.2 Å². The number of aromatic nitrogens is 2. The minimum atomic E-state index is -0.639. The molecule has 100 valence electrons. The van der Waals surface area contributed by atoms with Gasteiger partial charge in [-0.1, -0.05) is 12.2 Å². The lowest BCUT2D eigenvalue weighted by Crippen LogP contribution is -2.38. The van der Waals surface area contributed by atoms with Crippen LogP contribution in [0.4, 0.5) is 0 Å². The van der Waals surface area contributed by atoms with Crippen molar-refractivity contribution in [2.24, 2.45) is 11.5 Å². The second kappa shape index (κ2) is 4.59. The van der Waals surface area contributed by atoms with Crippen LogP contribution in [-0.2, 0) is 6.54 Å². The van der Waals surface area contributed by atoms with Crippen LogP contribution < -0.4 is 22.7 Å². The summed E-state index contributed by atoms with van der Waals surface area (Å²) in [5.41, 5.74) is 9.85. The molecular formula is C10H10N4O3S2. The lowest BCUT2D eigenvalue weighted by molar-refractivity contribution is 0.100. The van der Waals surface area contributed by atoms with Gasteiger partial charge < -0.3 is 11.5 Å². The predicted octanol–water partition coefficient (Wildman–Crippen LogP) is -0.555. The molecule has 0 aliphatic carbocycles. The van der Waals surface area contributed by atoms with E-state index in [-0.39, 0.29) is 21.8 Å². The Morgan fingerprint density at radius 3 is 2.58 bits per heavy atom. The Labute approximate surface area is 115 Å². The van der Waals surface area contributed by atoms with Crippen LogP contribution in [0.1, 0.15) is 15.2 Å². The number of thiocarbonyl (C=S) groups is 1. The maximum Gasteiger partial charge on any atom is 0.329 e. The van der Waals surface area contributed by atoms with Crippen LogP contribution in [0.15, 0.2) is 9.59 Å². The Balaban J connectivity index is 2.87. The van der Waals surface area contributed by atoms with Crippen LogP contribution in [0.3, 0.4) is 0 Å². The van der Waals surface area contributed by atoms with Gasteiger partial charge in [0.05, 0.1) is 21.8 Å². The fourth-order valence-electron chi connectivity index (χ4n) is 1.79. The number of nitrogens with one attached hydrogen (secondary N) is 1. The molecule has 19 heavy (non-hydrogen) atoms. The summed E-state index contributed by atoms with van der Waals surface area (Å²) in [5.74, 6) is -0.639. The Hall–Kier alpha value is -2.00. The van der Waals surface area contributed by atoms with Gasteiger partial charge in [-0.3, -0.25) is 19.1 Å². The van der Waals surface area contributed by atoms with E-state index in [0.29, 0.717) is 10.4 Å².